The maximum absolute atomic E-state index is 5.81. The van der Waals surface area contributed by atoms with Gasteiger partial charge in [-0.1, -0.05) is 6.08 Å². The first-order chi connectivity index (χ1) is 9.73. The molecule has 5 heteroatoms. The predicted octanol–water partition coefficient (Wildman–Crippen LogP) is 3.21. The van der Waals surface area contributed by atoms with Crippen LogP contribution in [0.25, 0.3) is 0 Å². The lowest BCUT2D eigenvalue weighted by Crippen LogP contribution is -2.19. The summed E-state index contributed by atoms with van der Waals surface area (Å²) in [6.07, 6.45) is 6.09. The fraction of sp³-hybridized carbons (Fsp3) is 0.333. The van der Waals surface area contributed by atoms with Crippen molar-refractivity contribution in [1.29, 1.82) is 0 Å². The topological polar surface area (TPSA) is 30.9 Å². The van der Waals surface area contributed by atoms with Gasteiger partial charge < -0.3 is 19.1 Å². The van der Waals surface area contributed by atoms with Gasteiger partial charge in [-0.25, -0.2) is 0 Å². The Hall–Kier alpha value is -1.81. The van der Waals surface area contributed by atoms with Crippen molar-refractivity contribution in [3.63, 3.8) is 0 Å². The molecule has 20 heavy (non-hydrogen) atoms. The van der Waals surface area contributed by atoms with Gasteiger partial charge in [0.05, 0.1) is 21.3 Å². The van der Waals surface area contributed by atoms with Crippen molar-refractivity contribution >= 4 is 17.3 Å². The molecule has 0 atom stereocenters. The summed E-state index contributed by atoms with van der Waals surface area (Å²) >= 11 is 5.81. The molecule has 0 amide bonds. The quantitative estimate of drug-likeness (QED) is 0.781. The minimum Gasteiger partial charge on any atom is -0.493 e. The van der Waals surface area contributed by atoms with Gasteiger partial charge >= 0.3 is 0 Å². The Morgan fingerprint density at radius 2 is 1.75 bits per heavy atom. The molecule has 0 saturated carbocycles. The highest BCUT2D eigenvalue weighted by molar-refractivity contribution is 6.19. The van der Waals surface area contributed by atoms with Gasteiger partial charge in [0.2, 0.25) is 5.75 Å². The number of hydrogen-bond acceptors (Lipinski definition) is 4. The number of halogens is 1. The molecule has 1 aliphatic rings. The minimum atomic E-state index is 0.527. The number of ether oxygens (including phenoxy) is 3. The molecule has 1 aromatic rings. The number of benzene rings is 1. The molecule has 0 bridgehead atoms. The van der Waals surface area contributed by atoms with Gasteiger partial charge in [0.25, 0.3) is 0 Å². The highest BCUT2D eigenvalue weighted by atomic mass is 35.5. The van der Waals surface area contributed by atoms with Crippen molar-refractivity contribution in [2.24, 2.45) is 0 Å². The van der Waals surface area contributed by atoms with E-state index in [0.717, 1.165) is 17.8 Å². The third-order valence-electron chi connectivity index (χ3n) is 3.15. The zero-order valence-corrected chi connectivity index (χ0v) is 12.6. The molecule has 1 aliphatic heterocycles. The average Bonchev–Trinajstić information content (AvgIpc) is 2.53. The summed E-state index contributed by atoms with van der Waals surface area (Å²) in [5, 5.41) is 0. The lowest BCUT2D eigenvalue weighted by Gasteiger charge is -2.24. The van der Waals surface area contributed by atoms with E-state index in [1.165, 1.54) is 0 Å². The summed E-state index contributed by atoms with van der Waals surface area (Å²) < 4.78 is 16.0. The number of methoxy groups -OCH3 is 3. The molecule has 1 aromatic carbocycles. The van der Waals surface area contributed by atoms with E-state index in [1.54, 1.807) is 21.3 Å². The van der Waals surface area contributed by atoms with E-state index in [-0.39, 0.29) is 0 Å². The SMILES string of the molecule is COc1cc(N2C=CC(CCl)=CC2)cc(OC)c1OC. The summed E-state index contributed by atoms with van der Waals surface area (Å²) in [5.74, 6) is 2.40. The fourth-order valence-corrected chi connectivity index (χ4v) is 2.25. The molecule has 0 fully saturated rings. The molecule has 0 aromatic heterocycles. The second-order valence-electron chi connectivity index (χ2n) is 4.26. The monoisotopic (exact) mass is 295 g/mol. The van der Waals surface area contributed by atoms with Gasteiger partial charge in [0.1, 0.15) is 0 Å². The first-order valence-electron chi connectivity index (χ1n) is 6.23. The second-order valence-corrected chi connectivity index (χ2v) is 4.53. The summed E-state index contributed by atoms with van der Waals surface area (Å²) in [5.41, 5.74) is 2.09. The number of hydrogen-bond donors (Lipinski definition) is 0. The van der Waals surface area contributed by atoms with Crippen molar-refractivity contribution in [3.05, 3.63) is 36.1 Å². The van der Waals surface area contributed by atoms with Gasteiger partial charge in [0, 0.05) is 36.4 Å². The van der Waals surface area contributed by atoms with Gasteiger partial charge in [-0.05, 0) is 11.6 Å². The minimum absolute atomic E-state index is 0.527. The molecule has 0 aliphatic carbocycles. The van der Waals surface area contributed by atoms with Crippen molar-refractivity contribution < 1.29 is 14.2 Å². The van der Waals surface area contributed by atoms with Crippen LogP contribution >= 0.6 is 11.6 Å². The molecular weight excluding hydrogens is 278 g/mol. The van der Waals surface area contributed by atoms with Crippen molar-refractivity contribution in [3.8, 4) is 17.2 Å². The van der Waals surface area contributed by atoms with Crippen LogP contribution in [-0.4, -0.2) is 33.8 Å². The standard InChI is InChI=1S/C15H18ClNO3/c1-18-13-8-12(9-14(19-2)15(13)20-3)17-6-4-11(10-16)5-7-17/h4-6,8-9H,7,10H2,1-3H3. The van der Waals surface area contributed by atoms with E-state index in [2.05, 4.69) is 11.0 Å². The predicted molar refractivity (Wildman–Crippen MR) is 81.4 cm³/mol. The Labute approximate surface area is 124 Å². The molecule has 0 radical (unpaired) electrons. The van der Waals surface area contributed by atoms with Crippen LogP contribution in [0.4, 0.5) is 5.69 Å². The molecule has 0 spiro atoms. The Morgan fingerprint density at radius 1 is 1.10 bits per heavy atom. The normalized spacial score (nSPS) is 14.0. The summed E-state index contributed by atoms with van der Waals surface area (Å²) in [4.78, 5) is 2.08. The zero-order chi connectivity index (χ0) is 14.5. The smallest absolute Gasteiger partial charge is 0.203 e. The summed E-state index contributed by atoms with van der Waals surface area (Å²) in [7, 11) is 4.81. The van der Waals surface area contributed by atoms with E-state index < -0.39 is 0 Å². The highest BCUT2D eigenvalue weighted by Crippen LogP contribution is 2.41. The van der Waals surface area contributed by atoms with Crippen LogP contribution < -0.4 is 19.1 Å². The number of anilines is 1. The highest BCUT2D eigenvalue weighted by Gasteiger charge is 2.16. The lowest BCUT2D eigenvalue weighted by atomic mass is 10.2. The first-order valence-corrected chi connectivity index (χ1v) is 6.76. The lowest BCUT2D eigenvalue weighted by molar-refractivity contribution is 0.324. The number of allylic oxidation sites excluding steroid dienone is 2. The molecule has 1 heterocycles. The maximum Gasteiger partial charge on any atom is 0.203 e. The summed E-state index contributed by atoms with van der Waals surface area (Å²) in [6.45, 7) is 0.761. The number of nitrogens with zero attached hydrogens (tertiary/aromatic N) is 1. The Kier molecular flexibility index (Phi) is 4.79. The van der Waals surface area contributed by atoms with Crippen LogP contribution in [0.1, 0.15) is 0 Å². The van der Waals surface area contributed by atoms with Crippen LogP contribution in [0.2, 0.25) is 0 Å². The van der Waals surface area contributed by atoms with Crippen LogP contribution in [-0.2, 0) is 0 Å². The van der Waals surface area contributed by atoms with Crippen molar-refractivity contribution in [2.75, 3.05) is 38.7 Å². The van der Waals surface area contributed by atoms with E-state index in [4.69, 9.17) is 25.8 Å². The van der Waals surface area contributed by atoms with Crippen LogP contribution in [0.5, 0.6) is 17.2 Å². The van der Waals surface area contributed by atoms with E-state index >= 15 is 0 Å². The second kappa shape index (κ2) is 6.57. The molecule has 2 rings (SSSR count). The Balaban J connectivity index is 2.34. The Bertz CT molecular complexity index is 515. The average molecular weight is 296 g/mol. The number of rotatable bonds is 5. The molecule has 0 unspecified atom stereocenters. The third-order valence-corrected chi connectivity index (χ3v) is 3.46. The summed E-state index contributed by atoms with van der Waals surface area (Å²) in [6, 6.07) is 3.84. The van der Waals surface area contributed by atoms with Crippen molar-refractivity contribution in [1.82, 2.24) is 0 Å². The Morgan fingerprint density at radius 3 is 2.15 bits per heavy atom. The van der Waals surface area contributed by atoms with Gasteiger partial charge in [0.15, 0.2) is 11.5 Å². The number of alkyl halides is 1. The van der Waals surface area contributed by atoms with E-state index in [9.17, 15) is 0 Å². The molecule has 0 saturated heterocycles. The largest absolute Gasteiger partial charge is 0.493 e. The van der Waals surface area contributed by atoms with Crippen LogP contribution in [0.3, 0.4) is 0 Å². The fourth-order valence-electron chi connectivity index (χ4n) is 2.05. The van der Waals surface area contributed by atoms with Gasteiger partial charge in [-0.15, -0.1) is 11.6 Å². The zero-order valence-electron chi connectivity index (χ0n) is 11.9. The van der Waals surface area contributed by atoms with Gasteiger partial charge in [-0.3, -0.25) is 0 Å². The third kappa shape index (κ3) is 2.85. The maximum atomic E-state index is 5.81. The molecule has 108 valence electrons. The van der Waals surface area contributed by atoms with Gasteiger partial charge in [-0.2, -0.15) is 0 Å². The first kappa shape index (κ1) is 14.6. The van der Waals surface area contributed by atoms with E-state index in [1.807, 2.05) is 24.4 Å². The molecular formula is C15H18ClNO3. The molecule has 4 nitrogen and oxygen atoms in total. The van der Waals surface area contributed by atoms with Crippen LogP contribution in [0.15, 0.2) is 36.1 Å². The molecule has 0 N–H and O–H groups in total. The van der Waals surface area contributed by atoms with E-state index in [0.29, 0.717) is 23.1 Å². The van der Waals surface area contributed by atoms with Crippen molar-refractivity contribution in [2.45, 2.75) is 0 Å². The van der Waals surface area contributed by atoms with Crippen LogP contribution in [0, 0.1) is 0 Å².